The molecule has 0 aliphatic rings. The number of nitrogens with two attached hydrogens (primary N) is 1. The summed E-state index contributed by atoms with van der Waals surface area (Å²) in [5.74, 6) is 1.13. The molecule has 2 rings (SSSR count). The maximum absolute atomic E-state index is 11.9. The fraction of sp³-hybridized carbons (Fsp3) is 0.400. The lowest BCUT2D eigenvalue weighted by Crippen LogP contribution is -2.37. The van der Waals surface area contributed by atoms with Crippen LogP contribution in [-0.2, 0) is 4.79 Å². The summed E-state index contributed by atoms with van der Waals surface area (Å²) < 4.78 is 0. The minimum Gasteiger partial charge on any atom is -0.399 e. The van der Waals surface area contributed by atoms with Crippen molar-refractivity contribution in [3.8, 4) is 0 Å². The normalized spacial score (nSPS) is 10.9. The SMILES string of the molecule is CC(C)CNC(=O)CN(C)c1ncnc2cc(N)ccc12. The Bertz CT molecular complexity index is 641. The average Bonchev–Trinajstić information content (AvgIpc) is 2.44. The predicted octanol–water partition coefficient (Wildman–Crippen LogP) is 1.42. The summed E-state index contributed by atoms with van der Waals surface area (Å²) in [5.41, 5.74) is 7.19. The highest BCUT2D eigenvalue weighted by molar-refractivity contribution is 5.92. The number of nitrogen functional groups attached to an aromatic ring is 1. The van der Waals surface area contributed by atoms with E-state index in [1.54, 1.807) is 6.07 Å². The minimum absolute atomic E-state index is 0.0200. The van der Waals surface area contributed by atoms with Crippen LogP contribution in [0.25, 0.3) is 10.9 Å². The van der Waals surface area contributed by atoms with Gasteiger partial charge in [-0.3, -0.25) is 4.79 Å². The number of nitrogens with zero attached hydrogens (tertiary/aromatic N) is 3. The van der Waals surface area contributed by atoms with E-state index < -0.39 is 0 Å². The van der Waals surface area contributed by atoms with E-state index in [2.05, 4.69) is 29.1 Å². The van der Waals surface area contributed by atoms with Gasteiger partial charge in [-0.2, -0.15) is 0 Å². The third kappa shape index (κ3) is 3.81. The first-order chi connectivity index (χ1) is 9.97. The molecule has 0 radical (unpaired) electrons. The summed E-state index contributed by atoms with van der Waals surface area (Å²) in [7, 11) is 1.84. The van der Waals surface area contributed by atoms with Crippen LogP contribution in [0.1, 0.15) is 13.8 Å². The number of anilines is 2. The minimum atomic E-state index is -0.0200. The molecule has 112 valence electrons. The van der Waals surface area contributed by atoms with Crippen LogP contribution in [0.2, 0.25) is 0 Å². The van der Waals surface area contributed by atoms with Crippen molar-refractivity contribution in [3.63, 3.8) is 0 Å². The van der Waals surface area contributed by atoms with Crippen LogP contribution in [0.5, 0.6) is 0 Å². The van der Waals surface area contributed by atoms with Crippen LogP contribution in [0.15, 0.2) is 24.5 Å². The van der Waals surface area contributed by atoms with E-state index in [1.165, 1.54) is 6.33 Å². The zero-order valence-corrected chi connectivity index (χ0v) is 12.6. The van der Waals surface area contributed by atoms with Crippen molar-refractivity contribution in [2.45, 2.75) is 13.8 Å². The van der Waals surface area contributed by atoms with Gasteiger partial charge in [0.15, 0.2) is 0 Å². The van der Waals surface area contributed by atoms with Crippen molar-refractivity contribution in [1.29, 1.82) is 0 Å². The van der Waals surface area contributed by atoms with E-state index in [-0.39, 0.29) is 12.5 Å². The van der Waals surface area contributed by atoms with Gasteiger partial charge in [0.05, 0.1) is 12.1 Å². The molecule has 21 heavy (non-hydrogen) atoms. The molecule has 3 N–H and O–H groups in total. The molecule has 0 fully saturated rings. The lowest BCUT2D eigenvalue weighted by molar-refractivity contribution is -0.119. The van der Waals surface area contributed by atoms with Gasteiger partial charge in [0.2, 0.25) is 5.91 Å². The molecular weight excluding hydrogens is 266 g/mol. The number of aromatic nitrogens is 2. The maximum Gasteiger partial charge on any atom is 0.239 e. The quantitative estimate of drug-likeness (QED) is 0.813. The standard InChI is InChI=1S/C15H21N5O/c1-10(2)7-17-14(21)8-20(3)15-12-5-4-11(16)6-13(12)18-9-19-15/h4-6,9-10H,7-8,16H2,1-3H3,(H,17,21). The number of amides is 1. The molecule has 6 heteroatoms. The summed E-state index contributed by atoms with van der Waals surface area (Å²) >= 11 is 0. The van der Waals surface area contributed by atoms with Crippen molar-refractivity contribution in [2.24, 2.45) is 5.92 Å². The number of nitrogens with one attached hydrogen (secondary N) is 1. The Kier molecular flexibility index (Phi) is 4.57. The monoisotopic (exact) mass is 287 g/mol. The topological polar surface area (TPSA) is 84.1 Å². The van der Waals surface area contributed by atoms with Crippen LogP contribution in [-0.4, -0.2) is 36.0 Å². The van der Waals surface area contributed by atoms with Crippen molar-refractivity contribution in [1.82, 2.24) is 15.3 Å². The zero-order chi connectivity index (χ0) is 15.4. The molecule has 0 unspecified atom stereocenters. The molecular formula is C15H21N5O. The second kappa shape index (κ2) is 6.39. The highest BCUT2D eigenvalue weighted by atomic mass is 16.2. The Morgan fingerprint density at radius 3 is 2.86 bits per heavy atom. The number of hydrogen-bond acceptors (Lipinski definition) is 5. The first-order valence-electron chi connectivity index (χ1n) is 6.95. The van der Waals surface area contributed by atoms with E-state index >= 15 is 0 Å². The van der Waals surface area contributed by atoms with E-state index in [0.717, 1.165) is 16.7 Å². The second-order valence-corrected chi connectivity index (χ2v) is 5.53. The van der Waals surface area contributed by atoms with E-state index in [4.69, 9.17) is 5.73 Å². The van der Waals surface area contributed by atoms with Crippen LogP contribution in [0, 0.1) is 5.92 Å². The lowest BCUT2D eigenvalue weighted by atomic mass is 10.2. The average molecular weight is 287 g/mol. The highest BCUT2D eigenvalue weighted by Crippen LogP contribution is 2.23. The van der Waals surface area contributed by atoms with Crippen LogP contribution in [0.4, 0.5) is 11.5 Å². The second-order valence-electron chi connectivity index (χ2n) is 5.53. The number of benzene rings is 1. The Morgan fingerprint density at radius 1 is 1.38 bits per heavy atom. The Labute approximate surface area is 124 Å². The van der Waals surface area contributed by atoms with Crippen molar-refractivity contribution in [2.75, 3.05) is 30.8 Å². The first kappa shape index (κ1) is 15.0. The van der Waals surface area contributed by atoms with Crippen LogP contribution in [0.3, 0.4) is 0 Å². The molecule has 0 saturated heterocycles. The molecule has 1 aromatic heterocycles. The molecule has 0 bridgehead atoms. The van der Waals surface area contributed by atoms with Crippen molar-refractivity contribution in [3.05, 3.63) is 24.5 Å². The Balaban J connectivity index is 2.16. The third-order valence-electron chi connectivity index (χ3n) is 3.09. The predicted molar refractivity (Wildman–Crippen MR) is 85.1 cm³/mol. The molecule has 1 amide bonds. The largest absolute Gasteiger partial charge is 0.399 e. The smallest absolute Gasteiger partial charge is 0.239 e. The highest BCUT2D eigenvalue weighted by Gasteiger charge is 2.12. The number of hydrogen-bond donors (Lipinski definition) is 2. The zero-order valence-electron chi connectivity index (χ0n) is 12.6. The molecule has 1 heterocycles. The van der Waals surface area contributed by atoms with Crippen LogP contribution >= 0.6 is 0 Å². The number of carbonyl (C=O) groups is 1. The summed E-state index contributed by atoms with van der Waals surface area (Å²) in [6.07, 6.45) is 1.49. The van der Waals surface area contributed by atoms with Gasteiger partial charge in [-0.05, 0) is 24.1 Å². The fourth-order valence-electron chi connectivity index (χ4n) is 2.03. The molecule has 0 atom stereocenters. The summed E-state index contributed by atoms with van der Waals surface area (Å²) in [5, 5.41) is 3.78. The number of likely N-dealkylation sites (N-methyl/N-ethyl adjacent to an activating group) is 1. The van der Waals surface area contributed by atoms with Gasteiger partial charge in [0.25, 0.3) is 0 Å². The molecule has 0 saturated carbocycles. The molecule has 1 aromatic carbocycles. The summed E-state index contributed by atoms with van der Waals surface area (Å²) in [6.45, 7) is 5.05. The van der Waals surface area contributed by atoms with Crippen molar-refractivity contribution >= 4 is 28.3 Å². The molecule has 2 aromatic rings. The van der Waals surface area contributed by atoms with Crippen molar-refractivity contribution < 1.29 is 4.79 Å². The number of carbonyl (C=O) groups excluding carboxylic acids is 1. The number of rotatable bonds is 5. The maximum atomic E-state index is 11.9. The molecule has 0 aliphatic carbocycles. The Hall–Kier alpha value is -2.37. The van der Waals surface area contributed by atoms with E-state index in [1.807, 2.05) is 24.1 Å². The van der Waals surface area contributed by atoms with Gasteiger partial charge in [-0.15, -0.1) is 0 Å². The van der Waals surface area contributed by atoms with Gasteiger partial charge in [-0.25, -0.2) is 9.97 Å². The van der Waals surface area contributed by atoms with E-state index in [0.29, 0.717) is 18.2 Å². The lowest BCUT2D eigenvalue weighted by Gasteiger charge is -2.19. The Morgan fingerprint density at radius 2 is 2.14 bits per heavy atom. The molecule has 0 aliphatic heterocycles. The molecule has 0 spiro atoms. The van der Waals surface area contributed by atoms with Gasteiger partial charge in [0.1, 0.15) is 12.1 Å². The first-order valence-corrected chi connectivity index (χ1v) is 6.95. The summed E-state index contributed by atoms with van der Waals surface area (Å²) in [6, 6.07) is 5.48. The van der Waals surface area contributed by atoms with Gasteiger partial charge >= 0.3 is 0 Å². The van der Waals surface area contributed by atoms with Crippen LogP contribution < -0.4 is 16.0 Å². The molecule has 6 nitrogen and oxygen atoms in total. The number of fused-ring (bicyclic) bond motifs is 1. The van der Waals surface area contributed by atoms with Gasteiger partial charge in [0, 0.05) is 24.7 Å². The van der Waals surface area contributed by atoms with E-state index in [9.17, 15) is 4.79 Å². The summed E-state index contributed by atoms with van der Waals surface area (Å²) in [4.78, 5) is 22.2. The third-order valence-corrected chi connectivity index (χ3v) is 3.09. The van der Waals surface area contributed by atoms with Gasteiger partial charge in [-0.1, -0.05) is 13.8 Å². The van der Waals surface area contributed by atoms with Gasteiger partial charge < -0.3 is 16.0 Å². The fourth-order valence-corrected chi connectivity index (χ4v) is 2.03.